The number of aliphatic hydroxyl groups is 1. The summed E-state index contributed by atoms with van der Waals surface area (Å²) in [7, 11) is 0. The van der Waals surface area contributed by atoms with Crippen molar-refractivity contribution in [2.75, 3.05) is 6.61 Å². The number of rotatable bonds is 1. The maximum Gasteiger partial charge on any atom is 0.0459 e. The Morgan fingerprint density at radius 3 is 2.50 bits per heavy atom. The smallest absolute Gasteiger partial charge is 0.0459 e. The van der Waals surface area contributed by atoms with Crippen LogP contribution in [0.1, 0.15) is 19.3 Å². The van der Waals surface area contributed by atoms with E-state index in [4.69, 9.17) is 10.8 Å². The molecule has 1 rings (SSSR count). The van der Waals surface area contributed by atoms with Crippen molar-refractivity contribution in [3.63, 3.8) is 0 Å². The molecule has 1 aliphatic rings. The summed E-state index contributed by atoms with van der Waals surface area (Å²) in [4.78, 5) is 0. The average Bonchev–Trinajstić information content (AvgIpc) is 2.14. The zero-order chi connectivity index (χ0) is 5.98. The Bertz CT molecular complexity index is 74.9. The van der Waals surface area contributed by atoms with Gasteiger partial charge in [-0.05, 0) is 25.2 Å². The van der Waals surface area contributed by atoms with Crippen LogP contribution in [0.15, 0.2) is 0 Å². The van der Waals surface area contributed by atoms with Gasteiger partial charge in [-0.3, -0.25) is 0 Å². The third kappa shape index (κ3) is 1.20. The van der Waals surface area contributed by atoms with Crippen molar-refractivity contribution in [2.24, 2.45) is 11.7 Å². The molecule has 0 aromatic heterocycles. The third-order valence-corrected chi connectivity index (χ3v) is 1.84. The van der Waals surface area contributed by atoms with Gasteiger partial charge in [-0.1, -0.05) is 0 Å². The van der Waals surface area contributed by atoms with E-state index in [1.807, 2.05) is 0 Å². The number of nitrogens with two attached hydrogens (primary N) is 1. The van der Waals surface area contributed by atoms with Gasteiger partial charge < -0.3 is 10.8 Å². The minimum Gasteiger partial charge on any atom is -0.396 e. The molecule has 3 N–H and O–H groups in total. The van der Waals surface area contributed by atoms with Crippen molar-refractivity contribution in [3.05, 3.63) is 0 Å². The lowest BCUT2D eigenvalue weighted by atomic mass is 10.1. The molecule has 0 radical (unpaired) electrons. The van der Waals surface area contributed by atoms with Crippen LogP contribution in [0, 0.1) is 5.92 Å². The fraction of sp³-hybridized carbons (Fsp3) is 1.00. The molecule has 0 bridgehead atoms. The van der Waals surface area contributed by atoms with E-state index in [0.717, 1.165) is 19.3 Å². The Hall–Kier alpha value is -0.0800. The zero-order valence-electron chi connectivity index (χ0n) is 5.01. The molecule has 2 heteroatoms. The van der Waals surface area contributed by atoms with Gasteiger partial charge in [0.2, 0.25) is 0 Å². The van der Waals surface area contributed by atoms with Crippen LogP contribution in [0.2, 0.25) is 0 Å². The van der Waals surface area contributed by atoms with Crippen LogP contribution in [0.25, 0.3) is 0 Å². The predicted molar refractivity (Wildman–Crippen MR) is 32.4 cm³/mol. The van der Waals surface area contributed by atoms with Crippen LogP contribution in [0.4, 0.5) is 0 Å². The van der Waals surface area contributed by atoms with Gasteiger partial charge >= 0.3 is 0 Å². The zero-order valence-corrected chi connectivity index (χ0v) is 5.01. The van der Waals surface area contributed by atoms with Gasteiger partial charge in [0.15, 0.2) is 0 Å². The summed E-state index contributed by atoms with van der Waals surface area (Å²) in [6.45, 7) is 0.327. The quantitative estimate of drug-likeness (QED) is 0.509. The summed E-state index contributed by atoms with van der Waals surface area (Å²) in [5, 5.41) is 8.63. The molecular weight excluding hydrogens is 102 g/mol. The Morgan fingerprint density at radius 2 is 2.25 bits per heavy atom. The van der Waals surface area contributed by atoms with Crippen molar-refractivity contribution in [2.45, 2.75) is 25.3 Å². The fourth-order valence-corrected chi connectivity index (χ4v) is 1.28. The van der Waals surface area contributed by atoms with Crippen LogP contribution < -0.4 is 5.73 Å². The summed E-state index contributed by atoms with van der Waals surface area (Å²) < 4.78 is 0. The van der Waals surface area contributed by atoms with Crippen molar-refractivity contribution in [1.82, 2.24) is 0 Å². The van der Waals surface area contributed by atoms with Gasteiger partial charge in [-0.15, -0.1) is 0 Å². The Kier molecular flexibility index (Phi) is 1.86. The fourth-order valence-electron chi connectivity index (χ4n) is 1.28. The van der Waals surface area contributed by atoms with Gasteiger partial charge in [0.05, 0.1) is 0 Å². The second-order valence-electron chi connectivity index (χ2n) is 2.62. The molecule has 1 fully saturated rings. The lowest BCUT2D eigenvalue weighted by Gasteiger charge is -2.01. The molecule has 2 atom stereocenters. The average molecular weight is 115 g/mol. The normalized spacial score (nSPS) is 38.2. The van der Waals surface area contributed by atoms with Gasteiger partial charge in [-0.25, -0.2) is 0 Å². The first-order valence-corrected chi connectivity index (χ1v) is 3.19. The standard InChI is InChI=1S/C6H13NO/c7-6-2-1-5(3-6)4-8/h5-6,8H,1-4,7H2. The molecule has 0 aromatic rings. The SMILES string of the molecule is NC1CCC(CO)C1. The topological polar surface area (TPSA) is 46.2 Å². The first-order chi connectivity index (χ1) is 3.83. The minimum atomic E-state index is 0.327. The summed E-state index contributed by atoms with van der Waals surface area (Å²) in [5.74, 6) is 0.505. The highest BCUT2D eigenvalue weighted by Crippen LogP contribution is 2.22. The second-order valence-corrected chi connectivity index (χ2v) is 2.62. The molecule has 2 unspecified atom stereocenters. The van der Waals surface area contributed by atoms with Gasteiger partial charge in [0.1, 0.15) is 0 Å². The Balaban J connectivity index is 2.22. The van der Waals surface area contributed by atoms with E-state index in [1.54, 1.807) is 0 Å². The molecule has 8 heavy (non-hydrogen) atoms. The first kappa shape index (κ1) is 6.05. The van der Waals surface area contributed by atoms with Crippen LogP contribution in [0.5, 0.6) is 0 Å². The molecule has 48 valence electrons. The summed E-state index contributed by atoms with van der Waals surface area (Å²) in [5.41, 5.74) is 5.59. The summed E-state index contributed by atoms with van der Waals surface area (Å²) >= 11 is 0. The van der Waals surface area contributed by atoms with E-state index in [2.05, 4.69) is 0 Å². The lowest BCUT2D eigenvalue weighted by molar-refractivity contribution is 0.229. The van der Waals surface area contributed by atoms with Gasteiger partial charge in [0, 0.05) is 12.6 Å². The van der Waals surface area contributed by atoms with E-state index in [-0.39, 0.29) is 0 Å². The van der Waals surface area contributed by atoms with E-state index in [0.29, 0.717) is 18.6 Å². The van der Waals surface area contributed by atoms with Crippen LogP contribution in [-0.4, -0.2) is 17.8 Å². The van der Waals surface area contributed by atoms with Crippen molar-refractivity contribution in [1.29, 1.82) is 0 Å². The van der Waals surface area contributed by atoms with Gasteiger partial charge in [0.25, 0.3) is 0 Å². The largest absolute Gasteiger partial charge is 0.396 e. The molecule has 0 aromatic carbocycles. The van der Waals surface area contributed by atoms with Crippen molar-refractivity contribution >= 4 is 0 Å². The lowest BCUT2D eigenvalue weighted by Crippen LogP contribution is -2.15. The summed E-state index contributed by atoms with van der Waals surface area (Å²) in [6, 6.07) is 0.368. The monoisotopic (exact) mass is 115 g/mol. The molecule has 1 aliphatic carbocycles. The third-order valence-electron chi connectivity index (χ3n) is 1.84. The molecular formula is C6H13NO. The molecule has 0 spiro atoms. The molecule has 1 saturated carbocycles. The van der Waals surface area contributed by atoms with E-state index < -0.39 is 0 Å². The highest BCUT2D eigenvalue weighted by atomic mass is 16.3. The maximum absolute atomic E-state index is 8.63. The van der Waals surface area contributed by atoms with Crippen LogP contribution in [-0.2, 0) is 0 Å². The highest BCUT2D eigenvalue weighted by Gasteiger charge is 2.19. The van der Waals surface area contributed by atoms with E-state index in [1.165, 1.54) is 0 Å². The molecule has 0 saturated heterocycles. The molecule has 0 heterocycles. The van der Waals surface area contributed by atoms with Crippen molar-refractivity contribution in [3.8, 4) is 0 Å². The number of hydrogen-bond donors (Lipinski definition) is 2. The molecule has 0 amide bonds. The minimum absolute atomic E-state index is 0.327. The second kappa shape index (κ2) is 2.46. The Morgan fingerprint density at radius 1 is 1.50 bits per heavy atom. The molecule has 0 aliphatic heterocycles. The van der Waals surface area contributed by atoms with Crippen molar-refractivity contribution < 1.29 is 5.11 Å². The first-order valence-electron chi connectivity index (χ1n) is 3.19. The summed E-state index contributed by atoms with van der Waals surface area (Å²) in [6.07, 6.45) is 3.25. The van der Waals surface area contributed by atoms with Gasteiger partial charge in [-0.2, -0.15) is 0 Å². The van der Waals surface area contributed by atoms with E-state index >= 15 is 0 Å². The number of hydrogen-bond acceptors (Lipinski definition) is 2. The molecule has 2 nitrogen and oxygen atoms in total. The Labute approximate surface area is 49.7 Å². The van der Waals surface area contributed by atoms with Crippen LogP contribution >= 0.6 is 0 Å². The predicted octanol–water partition coefficient (Wildman–Crippen LogP) is 0.106. The maximum atomic E-state index is 8.63. The van der Waals surface area contributed by atoms with E-state index in [9.17, 15) is 0 Å². The number of aliphatic hydroxyl groups excluding tert-OH is 1. The highest BCUT2D eigenvalue weighted by molar-refractivity contribution is 4.76. The van der Waals surface area contributed by atoms with Crippen LogP contribution in [0.3, 0.4) is 0 Å².